The van der Waals surface area contributed by atoms with Gasteiger partial charge in [0.15, 0.2) is 0 Å². The number of halogens is 3. The number of alkyl halides is 3. The van der Waals surface area contributed by atoms with Gasteiger partial charge in [-0.3, -0.25) is 0 Å². The van der Waals surface area contributed by atoms with Gasteiger partial charge < -0.3 is 5.32 Å². The predicted molar refractivity (Wildman–Crippen MR) is 45.5 cm³/mol. The maximum atomic E-state index is 11.8. The molecule has 1 aliphatic carbocycles. The molecule has 0 aromatic carbocycles. The van der Waals surface area contributed by atoms with E-state index >= 15 is 0 Å². The summed E-state index contributed by atoms with van der Waals surface area (Å²) in [4.78, 5) is 0. The van der Waals surface area contributed by atoms with Crippen LogP contribution in [0.1, 0.15) is 32.6 Å². The zero-order valence-corrected chi connectivity index (χ0v) is 7.82. The van der Waals surface area contributed by atoms with Gasteiger partial charge in [-0.2, -0.15) is 13.2 Å². The third-order valence-electron chi connectivity index (χ3n) is 2.71. The van der Waals surface area contributed by atoms with Gasteiger partial charge in [0.25, 0.3) is 0 Å². The zero-order chi connectivity index (χ0) is 9.90. The van der Waals surface area contributed by atoms with Crippen molar-refractivity contribution in [1.82, 2.24) is 5.32 Å². The van der Waals surface area contributed by atoms with Gasteiger partial charge in [-0.15, -0.1) is 0 Å². The summed E-state index contributed by atoms with van der Waals surface area (Å²) >= 11 is 0. The Balaban J connectivity index is 2.17. The van der Waals surface area contributed by atoms with Crippen molar-refractivity contribution in [3.8, 4) is 0 Å². The molecule has 4 heteroatoms. The second-order valence-electron chi connectivity index (χ2n) is 3.78. The van der Waals surface area contributed by atoms with Crippen LogP contribution in [0.15, 0.2) is 0 Å². The maximum Gasteiger partial charge on any atom is 0.401 e. The minimum absolute atomic E-state index is 0.0894. The summed E-state index contributed by atoms with van der Waals surface area (Å²) in [5.74, 6) is 0.630. The Morgan fingerprint density at radius 1 is 1.31 bits per heavy atom. The van der Waals surface area contributed by atoms with Crippen molar-refractivity contribution in [3.05, 3.63) is 0 Å². The lowest BCUT2D eigenvalue weighted by atomic mass is 10.1. The summed E-state index contributed by atoms with van der Waals surface area (Å²) < 4.78 is 35.5. The van der Waals surface area contributed by atoms with Gasteiger partial charge >= 0.3 is 6.18 Å². The second kappa shape index (κ2) is 4.31. The van der Waals surface area contributed by atoms with E-state index in [9.17, 15) is 13.2 Å². The summed E-state index contributed by atoms with van der Waals surface area (Å²) in [7, 11) is 0. The molecule has 0 bridgehead atoms. The van der Waals surface area contributed by atoms with Crippen LogP contribution < -0.4 is 5.32 Å². The molecule has 1 saturated carbocycles. The van der Waals surface area contributed by atoms with Gasteiger partial charge in [0.2, 0.25) is 0 Å². The Labute approximate surface area is 76.7 Å². The Morgan fingerprint density at radius 3 is 2.46 bits per heavy atom. The molecule has 78 valence electrons. The highest BCUT2D eigenvalue weighted by Gasteiger charge is 2.30. The SMILES string of the molecule is CC[C@H]1CC[C@@H](NCC(F)(F)F)C1. The van der Waals surface area contributed by atoms with Gasteiger partial charge in [0, 0.05) is 6.04 Å². The summed E-state index contributed by atoms with van der Waals surface area (Å²) in [5, 5.41) is 2.56. The second-order valence-corrected chi connectivity index (χ2v) is 3.78. The number of hydrogen-bond acceptors (Lipinski definition) is 1. The van der Waals surface area contributed by atoms with Gasteiger partial charge in [-0.25, -0.2) is 0 Å². The largest absolute Gasteiger partial charge is 0.401 e. The van der Waals surface area contributed by atoms with E-state index in [1.807, 2.05) is 0 Å². The fourth-order valence-electron chi connectivity index (χ4n) is 1.89. The molecular weight excluding hydrogens is 179 g/mol. The maximum absolute atomic E-state index is 11.8. The molecular formula is C9H16F3N. The Morgan fingerprint density at radius 2 is 2.00 bits per heavy atom. The summed E-state index contributed by atoms with van der Waals surface area (Å²) in [6, 6.07) is 0.0894. The lowest BCUT2D eigenvalue weighted by Gasteiger charge is -2.14. The molecule has 0 heterocycles. The predicted octanol–water partition coefficient (Wildman–Crippen LogP) is 2.72. The van der Waals surface area contributed by atoms with Crippen molar-refractivity contribution >= 4 is 0 Å². The first kappa shape index (κ1) is 10.8. The third kappa shape index (κ3) is 3.98. The van der Waals surface area contributed by atoms with Crippen LogP contribution in [0.5, 0.6) is 0 Å². The zero-order valence-electron chi connectivity index (χ0n) is 7.82. The molecule has 1 aliphatic rings. The van der Waals surface area contributed by atoms with E-state index in [1.54, 1.807) is 0 Å². The quantitative estimate of drug-likeness (QED) is 0.730. The van der Waals surface area contributed by atoms with E-state index in [2.05, 4.69) is 12.2 Å². The lowest BCUT2D eigenvalue weighted by molar-refractivity contribution is -0.126. The normalized spacial score (nSPS) is 29.5. The number of rotatable bonds is 3. The molecule has 2 atom stereocenters. The molecule has 0 aromatic heterocycles. The van der Waals surface area contributed by atoms with Crippen molar-refractivity contribution < 1.29 is 13.2 Å². The van der Waals surface area contributed by atoms with E-state index in [1.165, 1.54) is 0 Å². The average Bonchev–Trinajstić information content (AvgIpc) is 2.47. The fourth-order valence-corrected chi connectivity index (χ4v) is 1.89. The van der Waals surface area contributed by atoms with Crippen molar-refractivity contribution in [2.45, 2.75) is 44.8 Å². The van der Waals surface area contributed by atoms with Crippen LogP contribution in [-0.4, -0.2) is 18.8 Å². The minimum Gasteiger partial charge on any atom is -0.306 e. The topological polar surface area (TPSA) is 12.0 Å². The molecule has 0 amide bonds. The highest BCUT2D eigenvalue weighted by atomic mass is 19.4. The first-order valence-electron chi connectivity index (χ1n) is 4.81. The first-order valence-corrected chi connectivity index (χ1v) is 4.81. The van der Waals surface area contributed by atoms with Gasteiger partial charge in [-0.05, 0) is 25.2 Å². The molecule has 13 heavy (non-hydrogen) atoms. The standard InChI is InChI=1S/C9H16F3N/c1-2-7-3-4-8(5-7)13-6-9(10,11)12/h7-8,13H,2-6H2,1H3/t7-,8+/m0/s1. The van der Waals surface area contributed by atoms with Crippen LogP contribution in [-0.2, 0) is 0 Å². The highest BCUT2D eigenvalue weighted by Crippen LogP contribution is 2.28. The van der Waals surface area contributed by atoms with Crippen LogP contribution in [0.4, 0.5) is 13.2 Å². The van der Waals surface area contributed by atoms with E-state index in [-0.39, 0.29) is 6.04 Å². The van der Waals surface area contributed by atoms with E-state index in [0.29, 0.717) is 5.92 Å². The van der Waals surface area contributed by atoms with E-state index in [0.717, 1.165) is 25.7 Å². The van der Waals surface area contributed by atoms with Crippen LogP contribution in [0.3, 0.4) is 0 Å². The molecule has 0 radical (unpaired) electrons. The minimum atomic E-state index is -4.07. The number of hydrogen-bond donors (Lipinski definition) is 1. The molecule has 1 rings (SSSR count). The van der Waals surface area contributed by atoms with Gasteiger partial charge in [0.1, 0.15) is 0 Å². The summed E-state index contributed by atoms with van der Waals surface area (Å²) in [6.45, 7) is 1.25. The van der Waals surface area contributed by atoms with E-state index < -0.39 is 12.7 Å². The van der Waals surface area contributed by atoms with Crippen LogP contribution in [0, 0.1) is 5.92 Å². The summed E-state index contributed by atoms with van der Waals surface area (Å²) in [5.41, 5.74) is 0. The molecule has 1 fully saturated rings. The summed E-state index contributed by atoms with van der Waals surface area (Å²) in [6.07, 6.45) is -0.0955. The molecule has 0 saturated heterocycles. The average molecular weight is 195 g/mol. The molecule has 0 aromatic rings. The highest BCUT2D eigenvalue weighted by molar-refractivity contribution is 4.80. The van der Waals surface area contributed by atoms with Crippen molar-refractivity contribution in [2.75, 3.05) is 6.54 Å². The molecule has 0 unspecified atom stereocenters. The van der Waals surface area contributed by atoms with Crippen LogP contribution in [0.25, 0.3) is 0 Å². The molecule has 0 spiro atoms. The van der Waals surface area contributed by atoms with Crippen molar-refractivity contribution in [3.63, 3.8) is 0 Å². The number of nitrogens with one attached hydrogen (secondary N) is 1. The van der Waals surface area contributed by atoms with Crippen molar-refractivity contribution in [2.24, 2.45) is 5.92 Å². The van der Waals surface area contributed by atoms with Crippen molar-refractivity contribution in [1.29, 1.82) is 0 Å². The fraction of sp³-hybridized carbons (Fsp3) is 1.00. The van der Waals surface area contributed by atoms with Gasteiger partial charge in [-0.1, -0.05) is 13.3 Å². The monoisotopic (exact) mass is 195 g/mol. The van der Waals surface area contributed by atoms with Crippen LogP contribution >= 0.6 is 0 Å². The molecule has 0 aliphatic heterocycles. The van der Waals surface area contributed by atoms with Crippen LogP contribution in [0.2, 0.25) is 0 Å². The third-order valence-corrected chi connectivity index (χ3v) is 2.71. The molecule has 1 nitrogen and oxygen atoms in total. The first-order chi connectivity index (χ1) is 6.01. The Hall–Kier alpha value is -0.250. The molecule has 1 N–H and O–H groups in total. The van der Waals surface area contributed by atoms with Gasteiger partial charge in [0.05, 0.1) is 6.54 Å². The Bertz CT molecular complexity index is 155. The Kier molecular flexibility index (Phi) is 3.59. The lowest BCUT2D eigenvalue weighted by Crippen LogP contribution is -2.35. The van der Waals surface area contributed by atoms with E-state index in [4.69, 9.17) is 0 Å². The smallest absolute Gasteiger partial charge is 0.306 e.